The standard InChI is InChI=1S/C9H18N.W/c1-9(2,3)8-4-6-10-7-5-8;/h8H,4-7H2,1-3H3;/q-1;. The maximum absolute atomic E-state index is 4.34. The fourth-order valence-corrected chi connectivity index (χ4v) is 1.62. The Morgan fingerprint density at radius 3 is 1.82 bits per heavy atom. The molecule has 1 aliphatic heterocycles. The van der Waals surface area contributed by atoms with E-state index in [1.807, 2.05) is 0 Å². The van der Waals surface area contributed by atoms with Crippen LogP contribution in [0.15, 0.2) is 0 Å². The molecule has 1 fully saturated rings. The van der Waals surface area contributed by atoms with Crippen LogP contribution in [-0.4, -0.2) is 13.1 Å². The molecule has 0 unspecified atom stereocenters. The monoisotopic (exact) mass is 324 g/mol. The van der Waals surface area contributed by atoms with E-state index < -0.39 is 0 Å². The molecule has 1 saturated heterocycles. The van der Waals surface area contributed by atoms with Gasteiger partial charge in [0.25, 0.3) is 0 Å². The van der Waals surface area contributed by atoms with Crippen molar-refractivity contribution in [3.63, 3.8) is 0 Å². The molecule has 0 aliphatic carbocycles. The number of piperidine rings is 1. The summed E-state index contributed by atoms with van der Waals surface area (Å²) in [7, 11) is 0. The van der Waals surface area contributed by atoms with Crippen LogP contribution in [0.4, 0.5) is 0 Å². The zero-order valence-electron chi connectivity index (χ0n) is 7.76. The SMILES string of the molecule is CC(C)(C)C1CC[N-]CC1.[W]. The Bertz CT molecular complexity index is 101. The molecule has 0 spiro atoms. The Morgan fingerprint density at radius 1 is 1.09 bits per heavy atom. The molecule has 1 rings (SSSR count). The van der Waals surface area contributed by atoms with E-state index in [1.54, 1.807) is 0 Å². The zero-order chi connectivity index (χ0) is 7.61. The van der Waals surface area contributed by atoms with E-state index in [9.17, 15) is 0 Å². The molecule has 0 amide bonds. The molecule has 0 aromatic rings. The number of rotatable bonds is 0. The van der Waals surface area contributed by atoms with Crippen molar-refractivity contribution in [2.24, 2.45) is 11.3 Å². The second-order valence-electron chi connectivity index (χ2n) is 4.31. The van der Waals surface area contributed by atoms with Crippen molar-refractivity contribution in [1.29, 1.82) is 0 Å². The quantitative estimate of drug-likeness (QED) is 0.651. The normalized spacial score (nSPS) is 21.0. The summed E-state index contributed by atoms with van der Waals surface area (Å²) >= 11 is 0. The van der Waals surface area contributed by atoms with E-state index >= 15 is 0 Å². The van der Waals surface area contributed by atoms with Crippen LogP contribution >= 0.6 is 0 Å². The van der Waals surface area contributed by atoms with Crippen LogP contribution in [0.2, 0.25) is 0 Å². The average molecular weight is 324 g/mol. The summed E-state index contributed by atoms with van der Waals surface area (Å²) in [6, 6.07) is 0. The largest absolute Gasteiger partial charge is 0.662 e. The molecule has 0 atom stereocenters. The number of nitrogens with zero attached hydrogens (tertiary/aromatic N) is 1. The Morgan fingerprint density at radius 2 is 1.55 bits per heavy atom. The zero-order valence-corrected chi connectivity index (χ0v) is 10.7. The van der Waals surface area contributed by atoms with Crippen LogP contribution in [-0.2, 0) is 21.1 Å². The van der Waals surface area contributed by atoms with Crippen molar-refractivity contribution in [3.8, 4) is 0 Å². The molecule has 1 aliphatic rings. The summed E-state index contributed by atoms with van der Waals surface area (Å²) in [5, 5.41) is 4.34. The van der Waals surface area contributed by atoms with E-state index in [2.05, 4.69) is 26.1 Å². The maximum Gasteiger partial charge on any atom is 0 e. The molecule has 1 heterocycles. The summed E-state index contributed by atoms with van der Waals surface area (Å²) in [6.07, 6.45) is 2.62. The smallest absolute Gasteiger partial charge is 0 e. The molecular formula is C9H18NW-. The molecule has 66 valence electrons. The minimum absolute atomic E-state index is 0. The van der Waals surface area contributed by atoms with Crippen LogP contribution in [0.25, 0.3) is 5.32 Å². The third kappa shape index (κ3) is 3.71. The summed E-state index contributed by atoms with van der Waals surface area (Å²) in [4.78, 5) is 0. The van der Waals surface area contributed by atoms with Crippen LogP contribution in [0.5, 0.6) is 0 Å². The second-order valence-corrected chi connectivity index (χ2v) is 4.31. The predicted molar refractivity (Wildman–Crippen MR) is 45.3 cm³/mol. The fourth-order valence-electron chi connectivity index (χ4n) is 1.62. The molecule has 0 bridgehead atoms. The molecule has 0 saturated carbocycles. The first-order valence-corrected chi connectivity index (χ1v) is 4.24. The van der Waals surface area contributed by atoms with Crippen molar-refractivity contribution in [2.75, 3.05) is 13.1 Å². The van der Waals surface area contributed by atoms with Crippen molar-refractivity contribution in [1.82, 2.24) is 0 Å². The fraction of sp³-hybridized carbons (Fsp3) is 1.00. The van der Waals surface area contributed by atoms with Gasteiger partial charge >= 0.3 is 0 Å². The summed E-state index contributed by atoms with van der Waals surface area (Å²) < 4.78 is 0. The molecule has 0 N–H and O–H groups in total. The van der Waals surface area contributed by atoms with Gasteiger partial charge < -0.3 is 5.32 Å². The van der Waals surface area contributed by atoms with Gasteiger partial charge in [-0.25, -0.2) is 0 Å². The summed E-state index contributed by atoms with van der Waals surface area (Å²) in [5.41, 5.74) is 0.510. The molecule has 2 heteroatoms. The van der Waals surface area contributed by atoms with Crippen molar-refractivity contribution >= 4 is 0 Å². The van der Waals surface area contributed by atoms with Gasteiger partial charge in [0.2, 0.25) is 0 Å². The third-order valence-electron chi connectivity index (χ3n) is 2.50. The number of hydrogen-bond donors (Lipinski definition) is 0. The second kappa shape index (κ2) is 4.62. The first-order chi connectivity index (χ1) is 4.61. The van der Waals surface area contributed by atoms with Crippen LogP contribution in [0.3, 0.4) is 0 Å². The Kier molecular flexibility index (Phi) is 4.89. The van der Waals surface area contributed by atoms with Gasteiger partial charge in [-0.05, 0) is 11.3 Å². The molecule has 1 nitrogen and oxygen atoms in total. The topological polar surface area (TPSA) is 14.1 Å². The van der Waals surface area contributed by atoms with Gasteiger partial charge in [-0.15, -0.1) is 13.1 Å². The summed E-state index contributed by atoms with van der Waals surface area (Å²) in [6.45, 7) is 9.21. The van der Waals surface area contributed by atoms with Crippen LogP contribution in [0, 0.1) is 11.3 Å². The van der Waals surface area contributed by atoms with Gasteiger partial charge in [-0.2, -0.15) is 0 Å². The minimum Gasteiger partial charge on any atom is -0.662 e. The van der Waals surface area contributed by atoms with Gasteiger partial charge in [-0.1, -0.05) is 33.6 Å². The first-order valence-electron chi connectivity index (χ1n) is 4.24. The summed E-state index contributed by atoms with van der Waals surface area (Å²) in [5.74, 6) is 0.907. The van der Waals surface area contributed by atoms with E-state index in [1.165, 1.54) is 12.8 Å². The van der Waals surface area contributed by atoms with Crippen molar-refractivity contribution in [3.05, 3.63) is 5.32 Å². The predicted octanol–water partition coefficient (Wildman–Crippen LogP) is 2.81. The molecular weight excluding hydrogens is 306 g/mol. The van der Waals surface area contributed by atoms with E-state index in [0.29, 0.717) is 5.41 Å². The molecule has 11 heavy (non-hydrogen) atoms. The average Bonchev–Trinajstić information content (AvgIpc) is 1.88. The first kappa shape index (κ1) is 11.6. The van der Waals surface area contributed by atoms with Gasteiger partial charge in [-0.3, -0.25) is 0 Å². The Labute approximate surface area is 84.6 Å². The van der Waals surface area contributed by atoms with Crippen molar-refractivity contribution < 1.29 is 21.1 Å². The van der Waals surface area contributed by atoms with Gasteiger partial charge in [0.15, 0.2) is 0 Å². The maximum atomic E-state index is 4.34. The number of hydrogen-bond acceptors (Lipinski definition) is 0. The van der Waals surface area contributed by atoms with E-state index in [4.69, 9.17) is 0 Å². The third-order valence-corrected chi connectivity index (χ3v) is 2.50. The van der Waals surface area contributed by atoms with Crippen LogP contribution < -0.4 is 0 Å². The van der Waals surface area contributed by atoms with E-state index in [0.717, 1.165) is 19.0 Å². The van der Waals surface area contributed by atoms with Gasteiger partial charge in [0.05, 0.1) is 0 Å². The Hall–Kier alpha value is 0.648. The molecule has 0 aromatic heterocycles. The van der Waals surface area contributed by atoms with E-state index in [-0.39, 0.29) is 21.1 Å². The van der Waals surface area contributed by atoms with Crippen LogP contribution in [0.1, 0.15) is 33.6 Å². The van der Waals surface area contributed by atoms with Crippen molar-refractivity contribution in [2.45, 2.75) is 33.6 Å². The molecule has 0 aromatic carbocycles. The minimum atomic E-state index is 0. The molecule has 0 radical (unpaired) electrons. The van der Waals surface area contributed by atoms with Gasteiger partial charge in [0.1, 0.15) is 0 Å². The Balaban J connectivity index is 0.000001000. The van der Waals surface area contributed by atoms with Gasteiger partial charge in [0, 0.05) is 21.1 Å².